The largest absolute Gasteiger partial charge is 0.311 e. The van der Waals surface area contributed by atoms with E-state index in [0.717, 1.165) is 23.5 Å². The van der Waals surface area contributed by atoms with Crippen molar-refractivity contribution in [3.05, 3.63) is 210 Å². The highest BCUT2D eigenvalue weighted by Crippen LogP contribution is 2.40. The molecule has 0 amide bonds. The molecule has 1 unspecified atom stereocenters. The van der Waals surface area contributed by atoms with E-state index < -0.39 is 0 Å². The van der Waals surface area contributed by atoms with Gasteiger partial charge >= 0.3 is 0 Å². The zero-order chi connectivity index (χ0) is 33.6. The number of nitrogens with zero attached hydrogens (tertiary/aromatic N) is 1. The fraction of sp³-hybridized carbons (Fsp3) is 0.125. The highest BCUT2D eigenvalue weighted by atomic mass is 15.1. The molecule has 1 aliphatic carbocycles. The van der Waals surface area contributed by atoms with Crippen LogP contribution < -0.4 is 4.90 Å². The van der Waals surface area contributed by atoms with Gasteiger partial charge in [-0.3, -0.25) is 0 Å². The normalized spacial score (nSPS) is 14.7. The van der Waals surface area contributed by atoms with Crippen molar-refractivity contribution in [2.75, 3.05) is 4.90 Å². The van der Waals surface area contributed by atoms with E-state index in [1.807, 2.05) is 0 Å². The van der Waals surface area contributed by atoms with Gasteiger partial charge in [-0.2, -0.15) is 0 Å². The molecule has 0 radical (unpaired) electrons. The maximum Gasteiger partial charge on any atom is 0.0462 e. The summed E-state index contributed by atoms with van der Waals surface area (Å²) in [6.45, 7) is 6.76. The third-order valence-electron chi connectivity index (χ3n) is 9.44. The van der Waals surface area contributed by atoms with Gasteiger partial charge in [0.2, 0.25) is 0 Å². The zero-order valence-corrected chi connectivity index (χ0v) is 28.6. The minimum atomic E-state index is 0.499. The Morgan fingerprint density at radius 2 is 0.959 bits per heavy atom. The van der Waals surface area contributed by atoms with Crippen LogP contribution in [0.5, 0.6) is 0 Å². The van der Waals surface area contributed by atoms with Crippen LogP contribution >= 0.6 is 0 Å². The summed E-state index contributed by atoms with van der Waals surface area (Å²) in [6.07, 6.45) is 8.10. The molecule has 1 aliphatic rings. The minimum Gasteiger partial charge on any atom is -0.311 e. The van der Waals surface area contributed by atoms with Crippen molar-refractivity contribution in [3.8, 4) is 11.1 Å². The van der Waals surface area contributed by atoms with Gasteiger partial charge < -0.3 is 4.90 Å². The number of hydrogen-bond donors (Lipinski definition) is 0. The molecular weight excluding hydrogens is 591 g/mol. The van der Waals surface area contributed by atoms with Crippen molar-refractivity contribution in [3.63, 3.8) is 0 Å². The van der Waals surface area contributed by atoms with Gasteiger partial charge in [-0.25, -0.2) is 0 Å². The first-order valence-electron chi connectivity index (χ1n) is 17.4. The van der Waals surface area contributed by atoms with Gasteiger partial charge in [0.05, 0.1) is 0 Å². The van der Waals surface area contributed by atoms with Gasteiger partial charge in [-0.15, -0.1) is 0 Å². The molecule has 240 valence electrons. The second-order valence-electron chi connectivity index (χ2n) is 13.3. The predicted molar refractivity (Wildman–Crippen MR) is 210 cm³/mol. The van der Waals surface area contributed by atoms with Crippen LogP contribution in [0.3, 0.4) is 0 Å². The molecule has 6 aromatic rings. The maximum atomic E-state index is 2.41. The minimum absolute atomic E-state index is 0.499. The Kier molecular flexibility index (Phi) is 9.53. The van der Waals surface area contributed by atoms with E-state index >= 15 is 0 Å². The van der Waals surface area contributed by atoms with Crippen LogP contribution in [0.15, 0.2) is 188 Å². The number of hydrogen-bond acceptors (Lipinski definition) is 1. The lowest BCUT2D eigenvalue weighted by Gasteiger charge is -2.26. The van der Waals surface area contributed by atoms with E-state index in [-0.39, 0.29) is 0 Å². The van der Waals surface area contributed by atoms with E-state index in [2.05, 4.69) is 208 Å². The van der Waals surface area contributed by atoms with Gasteiger partial charge in [0, 0.05) is 17.1 Å². The third kappa shape index (κ3) is 7.12. The fourth-order valence-corrected chi connectivity index (χ4v) is 6.70. The molecule has 0 bridgehead atoms. The van der Waals surface area contributed by atoms with E-state index in [9.17, 15) is 0 Å². The van der Waals surface area contributed by atoms with Gasteiger partial charge in [0.1, 0.15) is 0 Å². The van der Waals surface area contributed by atoms with Crippen LogP contribution in [0.25, 0.3) is 22.3 Å². The summed E-state index contributed by atoms with van der Waals surface area (Å²) in [4.78, 5) is 2.33. The molecule has 1 atom stereocenters. The quantitative estimate of drug-likeness (QED) is 0.143. The Balaban J connectivity index is 1.26. The average molecular weight is 634 g/mol. The molecular formula is C48H43N. The Bertz CT molecular complexity index is 2070. The average Bonchev–Trinajstić information content (AvgIpc) is 3.16. The first-order chi connectivity index (χ1) is 24.0. The third-order valence-corrected chi connectivity index (χ3v) is 9.44. The molecule has 7 rings (SSSR count). The second kappa shape index (κ2) is 14.6. The molecule has 49 heavy (non-hydrogen) atoms. The first-order valence-corrected chi connectivity index (χ1v) is 17.4. The first kappa shape index (κ1) is 31.9. The molecule has 0 aromatic heterocycles. The number of rotatable bonds is 9. The van der Waals surface area contributed by atoms with E-state index in [4.69, 9.17) is 0 Å². The van der Waals surface area contributed by atoms with E-state index in [1.165, 1.54) is 50.1 Å². The fourth-order valence-electron chi connectivity index (χ4n) is 6.70. The molecule has 1 nitrogen and oxygen atoms in total. The van der Waals surface area contributed by atoms with Crippen LogP contribution in [0.2, 0.25) is 0 Å². The molecule has 1 heteroatoms. The second-order valence-corrected chi connectivity index (χ2v) is 13.3. The van der Waals surface area contributed by atoms with Crippen LogP contribution in [0.1, 0.15) is 55.4 Å². The molecule has 0 saturated carbocycles. The molecule has 0 fully saturated rings. The van der Waals surface area contributed by atoms with Crippen molar-refractivity contribution in [2.24, 2.45) is 5.92 Å². The molecule has 0 saturated heterocycles. The van der Waals surface area contributed by atoms with Gasteiger partial charge in [-0.05, 0) is 105 Å². The summed E-state index contributed by atoms with van der Waals surface area (Å²) in [7, 11) is 0. The standard InChI is InChI=1S/C48H43N/c1-35(2)37-27-31-45(32-28-37)49(44-17-11-6-12-18-44)46-33-29-39(30-34-46)38-23-25-43(26-24-38)48(41-15-9-5-10-16-41)47(40-13-7-4-8-14-40)42-21-19-36(3)20-22-42/h4-19,21-36H,20H2,1-3H3/b48-47+. The molecule has 0 aliphatic heterocycles. The topological polar surface area (TPSA) is 3.24 Å². The summed E-state index contributed by atoms with van der Waals surface area (Å²) < 4.78 is 0. The Hall–Kier alpha value is -5.66. The monoisotopic (exact) mass is 633 g/mol. The summed E-state index contributed by atoms with van der Waals surface area (Å²) in [5, 5.41) is 0. The van der Waals surface area contributed by atoms with Crippen LogP contribution in [0.4, 0.5) is 17.1 Å². The lowest BCUT2D eigenvalue weighted by molar-refractivity contribution is 0.734. The SMILES string of the molecule is CC1C=CC(/C(=C(\c2ccccc2)c2ccc(-c3ccc(N(c4ccccc4)c4ccc(C(C)C)cc4)cc3)cc2)c2ccccc2)=CC1. The Labute approximate surface area is 292 Å². The van der Waals surface area contributed by atoms with Crippen molar-refractivity contribution >= 4 is 28.2 Å². The maximum absolute atomic E-state index is 2.41. The number of benzene rings is 6. The van der Waals surface area contributed by atoms with Gasteiger partial charge in [-0.1, -0.05) is 166 Å². The van der Waals surface area contributed by atoms with Crippen molar-refractivity contribution in [2.45, 2.75) is 33.1 Å². The zero-order valence-electron chi connectivity index (χ0n) is 28.6. The predicted octanol–water partition coefficient (Wildman–Crippen LogP) is 13.4. The van der Waals surface area contributed by atoms with E-state index in [0.29, 0.717) is 11.8 Å². The highest BCUT2D eigenvalue weighted by molar-refractivity contribution is 6.05. The Morgan fingerprint density at radius 1 is 0.510 bits per heavy atom. The Morgan fingerprint density at radius 3 is 1.47 bits per heavy atom. The molecule has 6 aromatic carbocycles. The van der Waals surface area contributed by atoms with Crippen LogP contribution in [-0.4, -0.2) is 0 Å². The van der Waals surface area contributed by atoms with Crippen molar-refractivity contribution < 1.29 is 0 Å². The summed E-state index contributed by atoms with van der Waals surface area (Å²) in [5.74, 6) is 1.05. The smallest absolute Gasteiger partial charge is 0.0462 e. The van der Waals surface area contributed by atoms with Gasteiger partial charge in [0.15, 0.2) is 0 Å². The lowest BCUT2D eigenvalue weighted by atomic mass is 9.83. The summed E-state index contributed by atoms with van der Waals surface area (Å²) in [6, 6.07) is 59.3. The van der Waals surface area contributed by atoms with Crippen molar-refractivity contribution in [1.29, 1.82) is 0 Å². The number of para-hydroxylation sites is 1. The molecule has 0 heterocycles. The van der Waals surface area contributed by atoms with Crippen LogP contribution in [0, 0.1) is 5.92 Å². The highest BCUT2D eigenvalue weighted by Gasteiger charge is 2.19. The van der Waals surface area contributed by atoms with Crippen LogP contribution in [-0.2, 0) is 0 Å². The molecule has 0 spiro atoms. The van der Waals surface area contributed by atoms with Crippen molar-refractivity contribution in [1.82, 2.24) is 0 Å². The van der Waals surface area contributed by atoms with Gasteiger partial charge in [0.25, 0.3) is 0 Å². The number of allylic oxidation sites excluding steroid dienone is 5. The number of anilines is 3. The summed E-state index contributed by atoms with van der Waals surface area (Å²) >= 11 is 0. The lowest BCUT2D eigenvalue weighted by Crippen LogP contribution is -2.09. The molecule has 0 N–H and O–H groups in total. The summed E-state index contributed by atoms with van der Waals surface area (Å²) in [5.41, 5.74) is 14.6. The van der Waals surface area contributed by atoms with E-state index in [1.54, 1.807) is 0 Å².